The number of anilines is 1. The van der Waals surface area contributed by atoms with Gasteiger partial charge in [0, 0.05) is 25.8 Å². The number of hydrogen-bond donors (Lipinski definition) is 1. The zero-order valence-electron chi connectivity index (χ0n) is 10.0. The Labute approximate surface area is 105 Å². The third-order valence-corrected chi connectivity index (χ3v) is 2.99. The summed E-state index contributed by atoms with van der Waals surface area (Å²) in [6.07, 6.45) is 0.435. The highest BCUT2D eigenvalue weighted by molar-refractivity contribution is 5.64. The number of hydrogen-bond acceptors (Lipinski definition) is 5. The summed E-state index contributed by atoms with van der Waals surface area (Å²) in [6.45, 7) is 2.51. The molecule has 1 aromatic carbocycles. The van der Waals surface area contributed by atoms with E-state index < -0.39 is 0 Å². The van der Waals surface area contributed by atoms with Gasteiger partial charge in [0.05, 0.1) is 18.1 Å². The van der Waals surface area contributed by atoms with E-state index in [0.717, 1.165) is 5.56 Å². The normalized spacial score (nSPS) is 15.7. The van der Waals surface area contributed by atoms with Gasteiger partial charge < -0.3 is 14.7 Å². The molecule has 0 aromatic heterocycles. The monoisotopic (exact) mass is 252 g/mol. The van der Waals surface area contributed by atoms with Crippen molar-refractivity contribution in [2.75, 3.05) is 37.8 Å². The molecular weight excluding hydrogens is 236 g/mol. The van der Waals surface area contributed by atoms with Gasteiger partial charge in [0.1, 0.15) is 5.69 Å². The molecule has 0 spiro atoms. The van der Waals surface area contributed by atoms with Crippen LogP contribution in [0.25, 0.3) is 0 Å². The van der Waals surface area contributed by atoms with Gasteiger partial charge in [-0.25, -0.2) is 0 Å². The van der Waals surface area contributed by atoms with Gasteiger partial charge >= 0.3 is 0 Å². The van der Waals surface area contributed by atoms with Crippen molar-refractivity contribution in [3.8, 4) is 0 Å². The summed E-state index contributed by atoms with van der Waals surface area (Å²) >= 11 is 0. The van der Waals surface area contributed by atoms with Crippen molar-refractivity contribution in [3.63, 3.8) is 0 Å². The van der Waals surface area contributed by atoms with E-state index in [-0.39, 0.29) is 17.2 Å². The van der Waals surface area contributed by atoms with E-state index >= 15 is 0 Å². The van der Waals surface area contributed by atoms with Crippen LogP contribution in [0.3, 0.4) is 0 Å². The van der Waals surface area contributed by atoms with Crippen molar-refractivity contribution in [2.45, 2.75) is 6.42 Å². The summed E-state index contributed by atoms with van der Waals surface area (Å²) < 4.78 is 5.24. The third-order valence-electron chi connectivity index (χ3n) is 2.99. The Morgan fingerprint density at radius 1 is 1.39 bits per heavy atom. The van der Waals surface area contributed by atoms with E-state index in [1.54, 1.807) is 12.1 Å². The zero-order chi connectivity index (χ0) is 13.0. The minimum Gasteiger partial charge on any atom is -0.396 e. The van der Waals surface area contributed by atoms with Crippen molar-refractivity contribution in [1.29, 1.82) is 0 Å². The van der Waals surface area contributed by atoms with Crippen LogP contribution in [0.5, 0.6) is 0 Å². The Kier molecular flexibility index (Phi) is 4.11. The molecule has 98 valence electrons. The number of aliphatic hydroxyl groups is 1. The second kappa shape index (κ2) is 5.79. The number of benzene rings is 1. The molecule has 1 aromatic rings. The molecule has 6 heteroatoms. The number of nitrogens with zero attached hydrogens (tertiary/aromatic N) is 2. The minimum absolute atomic E-state index is 0.00590. The highest BCUT2D eigenvalue weighted by Gasteiger charge is 2.21. The fraction of sp³-hybridized carbons (Fsp3) is 0.500. The average molecular weight is 252 g/mol. The smallest absolute Gasteiger partial charge is 0.292 e. The quantitative estimate of drug-likeness (QED) is 0.638. The Hall–Kier alpha value is -1.66. The Bertz CT molecular complexity index is 430. The molecule has 1 saturated heterocycles. The van der Waals surface area contributed by atoms with Crippen molar-refractivity contribution in [2.24, 2.45) is 0 Å². The predicted octanol–water partition coefficient (Wildman–Crippen LogP) is 0.966. The molecule has 1 aliphatic rings. The molecule has 1 fully saturated rings. The summed E-state index contributed by atoms with van der Waals surface area (Å²) in [6, 6.07) is 5.13. The van der Waals surface area contributed by atoms with E-state index in [1.807, 2.05) is 11.0 Å². The molecule has 0 bridgehead atoms. The lowest BCUT2D eigenvalue weighted by atomic mass is 10.1. The summed E-state index contributed by atoms with van der Waals surface area (Å²) in [5.41, 5.74) is 1.51. The van der Waals surface area contributed by atoms with Gasteiger partial charge in [-0.3, -0.25) is 10.1 Å². The Morgan fingerprint density at radius 3 is 2.72 bits per heavy atom. The van der Waals surface area contributed by atoms with Crippen LogP contribution in [0.2, 0.25) is 0 Å². The number of ether oxygens (including phenoxy) is 1. The maximum atomic E-state index is 11.1. The van der Waals surface area contributed by atoms with Crippen LogP contribution in [-0.4, -0.2) is 42.9 Å². The number of nitro groups is 1. The molecule has 1 N–H and O–H groups in total. The molecule has 0 unspecified atom stereocenters. The first kappa shape index (κ1) is 12.8. The average Bonchev–Trinajstić information content (AvgIpc) is 2.40. The van der Waals surface area contributed by atoms with Crippen LogP contribution >= 0.6 is 0 Å². The van der Waals surface area contributed by atoms with Crippen LogP contribution in [0.1, 0.15) is 5.56 Å². The summed E-state index contributed by atoms with van der Waals surface area (Å²) in [4.78, 5) is 12.7. The molecule has 0 saturated carbocycles. The van der Waals surface area contributed by atoms with Gasteiger partial charge in [-0.05, 0) is 18.1 Å². The molecule has 2 rings (SSSR count). The molecule has 0 atom stereocenters. The van der Waals surface area contributed by atoms with Crippen molar-refractivity contribution in [3.05, 3.63) is 33.9 Å². The van der Waals surface area contributed by atoms with Gasteiger partial charge in [-0.15, -0.1) is 0 Å². The summed E-state index contributed by atoms with van der Waals surface area (Å²) in [7, 11) is 0. The number of nitro benzene ring substituents is 1. The standard InChI is InChI=1S/C12H16N2O4/c15-6-3-10-1-2-11(12(9-10)14(16)17)13-4-7-18-8-5-13/h1-2,9,15H,3-8H2. The van der Waals surface area contributed by atoms with Gasteiger partial charge in [0.2, 0.25) is 0 Å². The minimum atomic E-state index is -0.369. The Balaban J connectivity index is 2.30. The molecule has 6 nitrogen and oxygen atoms in total. The second-order valence-corrected chi connectivity index (χ2v) is 4.15. The lowest BCUT2D eigenvalue weighted by Crippen LogP contribution is -2.36. The molecule has 0 aliphatic carbocycles. The maximum Gasteiger partial charge on any atom is 0.292 e. The fourth-order valence-corrected chi connectivity index (χ4v) is 2.07. The van der Waals surface area contributed by atoms with E-state index in [0.29, 0.717) is 38.4 Å². The van der Waals surface area contributed by atoms with Crippen molar-refractivity contribution < 1.29 is 14.8 Å². The van der Waals surface area contributed by atoms with Crippen LogP contribution in [0.4, 0.5) is 11.4 Å². The maximum absolute atomic E-state index is 11.1. The first-order valence-electron chi connectivity index (χ1n) is 5.93. The Morgan fingerprint density at radius 2 is 2.11 bits per heavy atom. The van der Waals surface area contributed by atoms with E-state index in [4.69, 9.17) is 9.84 Å². The van der Waals surface area contributed by atoms with Crippen molar-refractivity contribution >= 4 is 11.4 Å². The first-order valence-corrected chi connectivity index (χ1v) is 5.93. The topological polar surface area (TPSA) is 75.8 Å². The van der Waals surface area contributed by atoms with Gasteiger partial charge in [0.25, 0.3) is 5.69 Å². The van der Waals surface area contributed by atoms with Crippen molar-refractivity contribution in [1.82, 2.24) is 0 Å². The highest BCUT2D eigenvalue weighted by Crippen LogP contribution is 2.29. The molecule has 1 heterocycles. The first-order chi connectivity index (χ1) is 8.72. The van der Waals surface area contributed by atoms with Crippen LogP contribution < -0.4 is 4.90 Å². The van der Waals surface area contributed by atoms with Crippen LogP contribution in [0, 0.1) is 10.1 Å². The number of morpholine rings is 1. The van der Waals surface area contributed by atoms with E-state index in [9.17, 15) is 10.1 Å². The van der Waals surface area contributed by atoms with E-state index in [1.165, 1.54) is 0 Å². The summed E-state index contributed by atoms with van der Waals surface area (Å²) in [5, 5.41) is 20.0. The third kappa shape index (κ3) is 2.77. The zero-order valence-corrected chi connectivity index (χ0v) is 10.0. The van der Waals surface area contributed by atoms with Gasteiger partial charge in [-0.2, -0.15) is 0 Å². The molecule has 0 radical (unpaired) electrons. The van der Waals surface area contributed by atoms with Crippen LogP contribution in [-0.2, 0) is 11.2 Å². The molecule has 18 heavy (non-hydrogen) atoms. The lowest BCUT2D eigenvalue weighted by Gasteiger charge is -2.28. The second-order valence-electron chi connectivity index (χ2n) is 4.15. The molecular formula is C12H16N2O4. The summed E-state index contributed by atoms with van der Waals surface area (Å²) in [5.74, 6) is 0. The molecule has 1 aliphatic heterocycles. The lowest BCUT2D eigenvalue weighted by molar-refractivity contribution is -0.384. The molecule has 0 amide bonds. The largest absolute Gasteiger partial charge is 0.396 e. The number of rotatable bonds is 4. The highest BCUT2D eigenvalue weighted by atomic mass is 16.6. The predicted molar refractivity (Wildman–Crippen MR) is 66.9 cm³/mol. The van der Waals surface area contributed by atoms with E-state index in [2.05, 4.69) is 0 Å². The fourth-order valence-electron chi connectivity index (χ4n) is 2.07. The number of aliphatic hydroxyl groups excluding tert-OH is 1. The SMILES string of the molecule is O=[N+]([O-])c1cc(CCO)ccc1N1CCOCC1. The van der Waals surface area contributed by atoms with Crippen LogP contribution in [0.15, 0.2) is 18.2 Å². The van der Waals surface area contributed by atoms with Gasteiger partial charge in [-0.1, -0.05) is 6.07 Å². The van der Waals surface area contributed by atoms with Gasteiger partial charge in [0.15, 0.2) is 0 Å².